The first-order valence-electron chi connectivity index (χ1n) is 12.4. The Labute approximate surface area is 246 Å². The molecular weight excluding hydrogens is 622 g/mol. The lowest BCUT2D eigenvalue weighted by atomic mass is 10.0. The van der Waals surface area contributed by atoms with Gasteiger partial charge in [-0.15, -0.1) is 5.06 Å². The molecule has 3 heterocycles. The maximum Gasteiger partial charge on any atom is 0.492 e. The van der Waals surface area contributed by atoms with Crippen LogP contribution in [0.1, 0.15) is 18.9 Å². The minimum Gasteiger partial charge on any atom is -0.437 e. The van der Waals surface area contributed by atoms with Crippen LogP contribution in [-0.4, -0.2) is 56.6 Å². The molecule has 2 N–H and O–H groups in total. The predicted molar refractivity (Wildman–Crippen MR) is 142 cm³/mol. The Balaban J connectivity index is 1.43. The number of ether oxygens (including phenoxy) is 1. The first-order valence-corrected chi connectivity index (χ1v) is 13.3. The number of rotatable bonds is 7. The zero-order valence-electron chi connectivity index (χ0n) is 22.1. The summed E-state index contributed by atoms with van der Waals surface area (Å²) in [5, 5.41) is 5.68. The number of nitrogens with one attached hydrogen (secondary N) is 2. The average molecular weight is 641 g/mol. The number of amides is 2. The Bertz CT molecular complexity index is 1760. The predicted octanol–water partition coefficient (Wildman–Crippen LogP) is 5.56. The maximum absolute atomic E-state index is 13.5. The Morgan fingerprint density at radius 1 is 1.02 bits per heavy atom. The highest BCUT2D eigenvalue weighted by atomic mass is 32.1. The molecule has 1 atom stereocenters. The van der Waals surface area contributed by atoms with Crippen molar-refractivity contribution in [1.29, 1.82) is 0 Å². The number of para-hydroxylation sites is 1. The van der Waals surface area contributed by atoms with Gasteiger partial charge in [-0.1, -0.05) is 23.5 Å². The maximum atomic E-state index is 13.5. The van der Waals surface area contributed by atoms with Crippen molar-refractivity contribution in [3.05, 3.63) is 54.4 Å². The van der Waals surface area contributed by atoms with Crippen LogP contribution in [-0.2, 0) is 25.4 Å². The molecule has 2 aromatic carbocycles. The number of hydrogen-bond donors (Lipinski definition) is 2. The monoisotopic (exact) mass is 640 g/mol. The third kappa shape index (κ3) is 6.70. The summed E-state index contributed by atoms with van der Waals surface area (Å²) in [6, 6.07) is 7.37. The van der Waals surface area contributed by atoms with Crippen LogP contribution in [0.3, 0.4) is 0 Å². The molecule has 11 nitrogen and oxygen atoms in total. The number of hydrogen-bond acceptors (Lipinski definition) is 10. The van der Waals surface area contributed by atoms with Gasteiger partial charge in [0.25, 0.3) is 0 Å². The van der Waals surface area contributed by atoms with E-state index in [0.29, 0.717) is 26.5 Å². The number of alkyl halides is 6. The highest BCUT2D eigenvalue weighted by molar-refractivity contribution is 7.22. The molecule has 1 aliphatic rings. The number of hydroxylamine groups is 2. The van der Waals surface area contributed by atoms with Gasteiger partial charge in [-0.3, -0.25) is 9.59 Å². The van der Waals surface area contributed by atoms with Crippen LogP contribution in [0.2, 0.25) is 0 Å². The molecule has 0 unspecified atom stereocenters. The lowest BCUT2D eigenvalue weighted by molar-refractivity contribution is -0.260. The number of aromatic nitrogens is 3. The summed E-state index contributed by atoms with van der Waals surface area (Å²) >= 11 is 1.20. The molecule has 1 aliphatic heterocycles. The van der Waals surface area contributed by atoms with E-state index in [4.69, 9.17) is 4.74 Å². The normalized spacial score (nSPS) is 15.4. The van der Waals surface area contributed by atoms with Crippen LogP contribution in [0.5, 0.6) is 11.6 Å². The Morgan fingerprint density at radius 3 is 2.45 bits per heavy atom. The van der Waals surface area contributed by atoms with Crippen molar-refractivity contribution < 1.29 is 50.3 Å². The molecule has 0 radical (unpaired) electrons. The number of nitrogens with zero attached hydrogens (tertiary/aromatic N) is 4. The summed E-state index contributed by atoms with van der Waals surface area (Å²) in [7, 11) is 0. The highest BCUT2D eigenvalue weighted by Gasteiger charge is 2.46. The Morgan fingerprint density at radius 2 is 1.80 bits per heavy atom. The summed E-state index contributed by atoms with van der Waals surface area (Å²) < 4.78 is 84.9. The van der Waals surface area contributed by atoms with Gasteiger partial charge in [0.2, 0.25) is 17.7 Å². The molecule has 2 amide bonds. The molecule has 1 saturated heterocycles. The van der Waals surface area contributed by atoms with Crippen LogP contribution >= 0.6 is 11.3 Å². The molecule has 0 spiro atoms. The SMILES string of the molecule is CC(=O)Nc1nc2c(Oc3cc(-c4ccc(C(F)(F)F)cc4NC(=O)[C@@H]4CCN4OC(=O)C(F)(F)F)ncn3)cccc2s1. The quantitative estimate of drug-likeness (QED) is 0.249. The van der Waals surface area contributed by atoms with E-state index in [1.165, 1.54) is 24.3 Å². The second-order valence-electron chi connectivity index (χ2n) is 9.22. The smallest absolute Gasteiger partial charge is 0.437 e. The molecule has 2 aromatic heterocycles. The van der Waals surface area contributed by atoms with Crippen molar-refractivity contribution in [3.8, 4) is 22.9 Å². The topological polar surface area (TPSA) is 136 Å². The third-order valence-electron chi connectivity index (χ3n) is 6.11. The van der Waals surface area contributed by atoms with Gasteiger partial charge >= 0.3 is 18.3 Å². The van der Waals surface area contributed by atoms with Crippen LogP contribution < -0.4 is 15.4 Å². The van der Waals surface area contributed by atoms with E-state index >= 15 is 0 Å². The van der Waals surface area contributed by atoms with Crippen molar-refractivity contribution in [2.45, 2.75) is 31.7 Å². The fourth-order valence-corrected chi connectivity index (χ4v) is 4.95. The molecule has 5 rings (SSSR count). The first-order chi connectivity index (χ1) is 20.7. The average Bonchev–Trinajstić information content (AvgIpc) is 3.32. The summed E-state index contributed by atoms with van der Waals surface area (Å²) in [5.41, 5.74) is -1.07. The molecule has 44 heavy (non-hydrogen) atoms. The van der Waals surface area contributed by atoms with Gasteiger partial charge < -0.3 is 20.2 Å². The third-order valence-corrected chi connectivity index (χ3v) is 7.04. The molecule has 1 fully saturated rings. The van der Waals surface area contributed by atoms with Crippen molar-refractivity contribution >= 4 is 50.2 Å². The molecule has 0 bridgehead atoms. The summed E-state index contributed by atoms with van der Waals surface area (Å²) in [5.74, 6) is -3.67. The van der Waals surface area contributed by atoms with Crippen LogP contribution in [0.15, 0.2) is 48.8 Å². The fraction of sp³-hybridized carbons (Fsp3) is 0.231. The number of thiazole rings is 1. The lowest BCUT2D eigenvalue weighted by Gasteiger charge is -2.37. The Kier molecular flexibility index (Phi) is 8.13. The summed E-state index contributed by atoms with van der Waals surface area (Å²) in [4.78, 5) is 52.1. The zero-order valence-corrected chi connectivity index (χ0v) is 22.9. The van der Waals surface area contributed by atoms with Crippen LogP contribution in [0.25, 0.3) is 21.5 Å². The van der Waals surface area contributed by atoms with Crippen molar-refractivity contribution in [2.75, 3.05) is 17.2 Å². The second kappa shape index (κ2) is 11.7. The van der Waals surface area contributed by atoms with E-state index in [-0.39, 0.29) is 47.4 Å². The summed E-state index contributed by atoms with van der Waals surface area (Å²) in [6.45, 7) is 1.13. The number of carbonyl (C=O) groups is 3. The van der Waals surface area contributed by atoms with Gasteiger partial charge in [-0.25, -0.2) is 19.7 Å². The van der Waals surface area contributed by atoms with Crippen LogP contribution in [0, 0.1) is 0 Å². The van der Waals surface area contributed by atoms with Gasteiger partial charge in [0, 0.05) is 25.1 Å². The molecular formula is C26H18F6N6O5S. The van der Waals surface area contributed by atoms with E-state index in [2.05, 4.69) is 30.4 Å². The zero-order chi connectivity index (χ0) is 31.8. The second-order valence-corrected chi connectivity index (χ2v) is 10.2. The minimum absolute atomic E-state index is 0.00317. The number of anilines is 2. The van der Waals surface area contributed by atoms with Gasteiger partial charge in [0.1, 0.15) is 17.9 Å². The lowest BCUT2D eigenvalue weighted by Crippen LogP contribution is -2.55. The Hall–Kier alpha value is -4.84. The highest BCUT2D eigenvalue weighted by Crippen LogP contribution is 2.38. The van der Waals surface area contributed by atoms with Gasteiger partial charge in [0.05, 0.1) is 21.6 Å². The largest absolute Gasteiger partial charge is 0.492 e. The van der Waals surface area contributed by atoms with Gasteiger partial charge in [0.15, 0.2) is 10.9 Å². The minimum atomic E-state index is -5.31. The fourth-order valence-electron chi connectivity index (χ4n) is 4.02. The summed E-state index contributed by atoms with van der Waals surface area (Å²) in [6.07, 6.45) is -9.06. The molecule has 0 saturated carbocycles. The van der Waals surface area contributed by atoms with E-state index < -0.39 is 35.8 Å². The van der Waals surface area contributed by atoms with E-state index in [9.17, 15) is 40.7 Å². The number of carbonyl (C=O) groups excluding carboxylic acids is 3. The number of benzene rings is 2. The molecule has 18 heteroatoms. The standard InChI is InChI=1S/C26H18F6N6O5S/c1-12(39)35-24-37-21-18(3-2-4-19(21)44-24)42-20-10-15(33-11-34-20)14-6-5-13(25(27,28)29)9-16(14)36-22(40)17-7-8-38(17)43-23(41)26(30,31)32/h2-6,9-11,17H,7-8H2,1H3,(H,36,40)(H,35,37,39)/t17-/m0/s1. The van der Waals surface area contributed by atoms with Crippen molar-refractivity contribution in [2.24, 2.45) is 0 Å². The molecule has 0 aliphatic carbocycles. The van der Waals surface area contributed by atoms with Crippen LogP contribution in [0.4, 0.5) is 37.2 Å². The van der Waals surface area contributed by atoms with Gasteiger partial charge in [-0.2, -0.15) is 26.3 Å². The number of fused-ring (bicyclic) bond motifs is 1. The number of halogens is 6. The molecule has 4 aromatic rings. The first kappa shape index (κ1) is 30.6. The van der Waals surface area contributed by atoms with Gasteiger partial charge in [-0.05, 0) is 30.7 Å². The van der Waals surface area contributed by atoms with E-state index in [1.54, 1.807) is 18.2 Å². The van der Waals surface area contributed by atoms with E-state index in [1.807, 2.05) is 0 Å². The van der Waals surface area contributed by atoms with Crippen molar-refractivity contribution in [3.63, 3.8) is 0 Å². The van der Waals surface area contributed by atoms with E-state index in [0.717, 1.165) is 18.5 Å². The molecule has 230 valence electrons. The van der Waals surface area contributed by atoms with Crippen molar-refractivity contribution in [1.82, 2.24) is 20.0 Å².